The second kappa shape index (κ2) is 4.93. The van der Waals surface area contributed by atoms with Gasteiger partial charge in [-0.2, -0.15) is 0 Å². The number of non-ortho nitro benzene ring substituents is 1. The van der Waals surface area contributed by atoms with Gasteiger partial charge in [0.1, 0.15) is 0 Å². The van der Waals surface area contributed by atoms with Crippen LogP contribution < -0.4 is 0 Å². The molecule has 6 nitrogen and oxygen atoms in total. The number of benzene rings is 1. The summed E-state index contributed by atoms with van der Waals surface area (Å²) in [7, 11) is 0. The first-order chi connectivity index (χ1) is 8.15. The lowest BCUT2D eigenvalue weighted by Crippen LogP contribution is -1.88. The second-order valence-electron chi connectivity index (χ2n) is 3.00. The summed E-state index contributed by atoms with van der Waals surface area (Å²) in [4.78, 5) is 14.1. The SMILES string of the molecule is O=[N+]([O-])c1ccc(C=Nc2n[nH]c(=S)s2)cc1. The van der Waals surface area contributed by atoms with Gasteiger partial charge in [0.25, 0.3) is 5.69 Å². The molecule has 2 rings (SSSR count). The normalized spacial score (nSPS) is 10.8. The molecule has 8 heteroatoms. The van der Waals surface area contributed by atoms with Gasteiger partial charge in [-0.25, -0.2) is 4.99 Å². The smallest absolute Gasteiger partial charge is 0.258 e. The summed E-state index contributed by atoms with van der Waals surface area (Å²) in [6, 6.07) is 6.09. The van der Waals surface area contributed by atoms with E-state index in [0.717, 1.165) is 5.56 Å². The molecule has 0 unspecified atom stereocenters. The van der Waals surface area contributed by atoms with Crippen molar-refractivity contribution in [1.82, 2.24) is 10.2 Å². The molecule has 86 valence electrons. The lowest BCUT2D eigenvalue weighted by atomic mass is 10.2. The van der Waals surface area contributed by atoms with Crippen LogP contribution in [0, 0.1) is 14.1 Å². The van der Waals surface area contributed by atoms with Crippen LogP contribution in [-0.2, 0) is 0 Å². The number of rotatable bonds is 3. The van der Waals surface area contributed by atoms with Gasteiger partial charge in [0.2, 0.25) is 5.13 Å². The van der Waals surface area contributed by atoms with E-state index < -0.39 is 4.92 Å². The topological polar surface area (TPSA) is 84.2 Å². The molecule has 0 saturated carbocycles. The summed E-state index contributed by atoms with van der Waals surface area (Å²) in [6.45, 7) is 0. The second-order valence-corrected chi connectivity index (χ2v) is 4.65. The van der Waals surface area contributed by atoms with Crippen molar-refractivity contribution in [3.8, 4) is 0 Å². The van der Waals surface area contributed by atoms with Gasteiger partial charge in [0.05, 0.1) is 4.92 Å². The van der Waals surface area contributed by atoms with Gasteiger partial charge in [-0.3, -0.25) is 15.2 Å². The summed E-state index contributed by atoms with van der Waals surface area (Å²) in [5.41, 5.74) is 0.814. The molecule has 1 heterocycles. The van der Waals surface area contributed by atoms with Crippen LogP contribution in [0.1, 0.15) is 5.56 Å². The van der Waals surface area contributed by atoms with Crippen LogP contribution in [0.5, 0.6) is 0 Å². The van der Waals surface area contributed by atoms with Crippen LogP contribution in [0.2, 0.25) is 0 Å². The van der Waals surface area contributed by atoms with Crippen LogP contribution >= 0.6 is 23.6 Å². The van der Waals surface area contributed by atoms with Gasteiger partial charge < -0.3 is 0 Å². The Bertz CT molecular complexity index is 614. The van der Waals surface area contributed by atoms with Crippen molar-refractivity contribution >= 4 is 40.6 Å². The van der Waals surface area contributed by atoms with Crippen LogP contribution in [0.25, 0.3) is 0 Å². The van der Waals surface area contributed by atoms with Gasteiger partial charge in [-0.15, -0.1) is 5.10 Å². The number of aromatic amines is 1. The summed E-state index contributed by atoms with van der Waals surface area (Å²) in [6.07, 6.45) is 1.57. The van der Waals surface area contributed by atoms with E-state index in [4.69, 9.17) is 12.2 Å². The van der Waals surface area contributed by atoms with Crippen molar-refractivity contribution in [2.24, 2.45) is 4.99 Å². The average molecular weight is 266 g/mol. The first-order valence-corrected chi connectivity index (χ1v) is 5.71. The fourth-order valence-electron chi connectivity index (χ4n) is 1.09. The first-order valence-electron chi connectivity index (χ1n) is 4.49. The van der Waals surface area contributed by atoms with Crippen molar-refractivity contribution in [2.45, 2.75) is 0 Å². The van der Waals surface area contributed by atoms with Crippen molar-refractivity contribution < 1.29 is 4.92 Å². The van der Waals surface area contributed by atoms with E-state index in [1.54, 1.807) is 18.3 Å². The maximum Gasteiger partial charge on any atom is 0.269 e. The Kier molecular flexibility index (Phi) is 3.35. The molecule has 0 spiro atoms. The van der Waals surface area contributed by atoms with Gasteiger partial charge in [-0.1, -0.05) is 11.3 Å². The zero-order valence-electron chi connectivity index (χ0n) is 8.36. The van der Waals surface area contributed by atoms with Crippen LogP contribution in [0.4, 0.5) is 10.8 Å². The highest BCUT2D eigenvalue weighted by atomic mass is 32.1. The molecular weight excluding hydrogens is 260 g/mol. The van der Waals surface area contributed by atoms with Crippen LogP contribution in [-0.4, -0.2) is 21.3 Å². The van der Waals surface area contributed by atoms with E-state index in [1.807, 2.05) is 0 Å². The lowest BCUT2D eigenvalue weighted by molar-refractivity contribution is -0.384. The molecule has 0 aliphatic heterocycles. The molecule has 1 aromatic carbocycles. The minimum absolute atomic E-state index is 0.0533. The Morgan fingerprint density at radius 1 is 1.47 bits per heavy atom. The lowest BCUT2D eigenvalue weighted by Gasteiger charge is -1.92. The molecule has 1 N–H and O–H groups in total. The Balaban J connectivity index is 2.16. The zero-order valence-corrected chi connectivity index (χ0v) is 9.99. The standard InChI is InChI=1S/C9H6N4O2S2/c14-13(15)7-3-1-6(2-4-7)5-10-8-11-12-9(16)17-8/h1-5H,(H,12,16). The summed E-state index contributed by atoms with van der Waals surface area (Å²) in [5.74, 6) is 0. The first kappa shape index (κ1) is 11.6. The van der Waals surface area contributed by atoms with Gasteiger partial charge in [-0.05, 0) is 29.9 Å². The molecule has 1 aromatic heterocycles. The molecular formula is C9H6N4O2S2. The third-order valence-corrected chi connectivity index (χ3v) is 2.85. The largest absolute Gasteiger partial charge is 0.269 e. The Morgan fingerprint density at radius 2 is 2.18 bits per heavy atom. The highest BCUT2D eigenvalue weighted by Crippen LogP contribution is 2.15. The quantitative estimate of drug-likeness (QED) is 0.400. The summed E-state index contributed by atoms with van der Waals surface area (Å²) >= 11 is 6.12. The van der Waals surface area contributed by atoms with Crippen molar-refractivity contribution in [3.05, 3.63) is 43.9 Å². The summed E-state index contributed by atoms with van der Waals surface area (Å²) < 4.78 is 0.556. The van der Waals surface area contributed by atoms with Crippen LogP contribution in [0.3, 0.4) is 0 Å². The Morgan fingerprint density at radius 3 is 2.71 bits per heavy atom. The Labute approximate surface area is 105 Å². The Hall–Kier alpha value is -1.93. The molecule has 0 atom stereocenters. The maximum absolute atomic E-state index is 10.4. The number of nitrogens with zero attached hydrogens (tertiary/aromatic N) is 3. The maximum atomic E-state index is 10.4. The predicted octanol–water partition coefficient (Wildman–Crippen LogP) is 2.86. The van der Waals surface area contributed by atoms with Crippen molar-refractivity contribution in [1.29, 1.82) is 0 Å². The van der Waals surface area contributed by atoms with Crippen LogP contribution in [0.15, 0.2) is 29.3 Å². The number of aromatic nitrogens is 2. The zero-order chi connectivity index (χ0) is 12.3. The number of hydrogen-bond acceptors (Lipinski definition) is 6. The average Bonchev–Trinajstić information content (AvgIpc) is 2.73. The monoisotopic (exact) mass is 266 g/mol. The molecule has 2 aromatic rings. The fraction of sp³-hybridized carbons (Fsp3) is 0. The van der Waals surface area contributed by atoms with E-state index in [0.29, 0.717) is 9.09 Å². The minimum atomic E-state index is -0.444. The minimum Gasteiger partial charge on any atom is -0.258 e. The molecule has 0 radical (unpaired) electrons. The fourth-order valence-corrected chi connectivity index (χ4v) is 1.81. The van der Waals surface area contributed by atoms with E-state index >= 15 is 0 Å². The number of hydrogen-bond donors (Lipinski definition) is 1. The number of nitro benzene ring substituents is 1. The van der Waals surface area contributed by atoms with Crippen molar-refractivity contribution in [3.63, 3.8) is 0 Å². The molecule has 0 aliphatic carbocycles. The van der Waals surface area contributed by atoms with E-state index in [1.165, 1.54) is 23.5 Å². The van der Waals surface area contributed by atoms with E-state index in [2.05, 4.69) is 15.2 Å². The third kappa shape index (κ3) is 3.02. The predicted molar refractivity (Wildman–Crippen MR) is 67.6 cm³/mol. The van der Waals surface area contributed by atoms with Gasteiger partial charge in [0, 0.05) is 18.3 Å². The highest BCUT2D eigenvalue weighted by Gasteiger charge is 2.02. The number of H-pyrrole nitrogens is 1. The summed E-state index contributed by atoms with van der Waals surface area (Å²) in [5, 5.41) is 17.4. The molecule has 0 saturated heterocycles. The van der Waals surface area contributed by atoms with E-state index in [9.17, 15) is 10.1 Å². The number of nitrogens with one attached hydrogen (secondary N) is 1. The molecule has 17 heavy (non-hydrogen) atoms. The van der Waals surface area contributed by atoms with Gasteiger partial charge >= 0.3 is 0 Å². The highest BCUT2D eigenvalue weighted by molar-refractivity contribution is 7.73. The van der Waals surface area contributed by atoms with E-state index in [-0.39, 0.29) is 5.69 Å². The molecule has 0 aliphatic rings. The van der Waals surface area contributed by atoms with Crippen molar-refractivity contribution in [2.75, 3.05) is 0 Å². The third-order valence-electron chi connectivity index (χ3n) is 1.85. The number of nitro groups is 1. The molecule has 0 amide bonds. The molecule has 0 bridgehead atoms. The number of aliphatic imine (C=N–C) groups is 1. The molecule has 0 fully saturated rings. The van der Waals surface area contributed by atoms with Gasteiger partial charge in [0.15, 0.2) is 3.95 Å².